The maximum absolute atomic E-state index is 2.35. The van der Waals surface area contributed by atoms with Crippen LogP contribution in [0.3, 0.4) is 0 Å². The topological polar surface area (TPSA) is 0 Å². The molecule has 0 radical (unpaired) electrons. The molecule has 3 aromatic carbocycles. The summed E-state index contributed by atoms with van der Waals surface area (Å²) in [6.07, 6.45) is 1.32. The molecule has 0 saturated carbocycles. The first-order valence-electron chi connectivity index (χ1n) is 8.71. The van der Waals surface area contributed by atoms with Crippen LogP contribution in [0.25, 0.3) is 0 Å². The standard InChI is InChI=1S/C22H22PS2/c1-4-11-19(12-5-1)23(20-13-6-2-7-14-20,21-15-8-3-9-16-21)22-24-17-10-18-25-22/h1-9,11-16,22H,10,17-18H2/q+1. The summed E-state index contributed by atoms with van der Waals surface area (Å²) < 4.78 is 0.591. The Morgan fingerprint density at radius 1 is 0.560 bits per heavy atom. The van der Waals surface area contributed by atoms with Gasteiger partial charge in [-0.1, -0.05) is 54.6 Å². The number of hydrogen-bond donors (Lipinski definition) is 0. The van der Waals surface area contributed by atoms with Gasteiger partial charge in [-0.05, 0) is 54.3 Å². The second kappa shape index (κ2) is 7.99. The van der Waals surface area contributed by atoms with Crippen LogP contribution >= 0.6 is 30.8 Å². The zero-order valence-corrected chi connectivity index (χ0v) is 16.7. The molecule has 1 fully saturated rings. The molecule has 3 aromatic rings. The molecule has 1 aliphatic rings. The quantitative estimate of drug-likeness (QED) is 0.574. The van der Waals surface area contributed by atoms with Gasteiger partial charge in [0, 0.05) is 0 Å². The zero-order chi connectivity index (χ0) is 17.0. The Hall–Kier alpha value is -1.21. The van der Waals surface area contributed by atoms with Gasteiger partial charge in [0.25, 0.3) is 0 Å². The molecule has 0 nitrogen and oxygen atoms in total. The van der Waals surface area contributed by atoms with Crippen LogP contribution in [0, 0.1) is 0 Å². The summed E-state index contributed by atoms with van der Waals surface area (Å²) in [6.45, 7) is 0. The fourth-order valence-corrected chi connectivity index (χ4v) is 13.8. The Bertz CT molecular complexity index is 687. The monoisotopic (exact) mass is 381 g/mol. The summed E-state index contributed by atoms with van der Waals surface area (Å²) in [5, 5.41) is 4.50. The van der Waals surface area contributed by atoms with E-state index in [0.29, 0.717) is 4.32 Å². The van der Waals surface area contributed by atoms with E-state index >= 15 is 0 Å². The van der Waals surface area contributed by atoms with E-state index in [1.807, 2.05) is 0 Å². The Labute approximate surface area is 159 Å². The summed E-state index contributed by atoms with van der Waals surface area (Å²) in [5.41, 5.74) is 0. The van der Waals surface area contributed by atoms with Crippen molar-refractivity contribution in [1.82, 2.24) is 0 Å². The Morgan fingerprint density at radius 3 is 1.28 bits per heavy atom. The maximum Gasteiger partial charge on any atom is 0.174 e. The highest BCUT2D eigenvalue weighted by atomic mass is 32.2. The molecule has 0 atom stereocenters. The number of rotatable bonds is 4. The van der Waals surface area contributed by atoms with Crippen molar-refractivity contribution in [1.29, 1.82) is 0 Å². The first-order valence-corrected chi connectivity index (χ1v) is 12.7. The number of benzene rings is 3. The minimum atomic E-state index is -1.70. The number of thioether (sulfide) groups is 2. The van der Waals surface area contributed by atoms with Gasteiger partial charge < -0.3 is 0 Å². The van der Waals surface area contributed by atoms with Crippen molar-refractivity contribution >= 4 is 46.7 Å². The molecule has 1 heterocycles. The summed E-state index contributed by atoms with van der Waals surface area (Å²) in [4.78, 5) is 0. The third-order valence-electron chi connectivity index (χ3n) is 4.62. The predicted octanol–water partition coefficient (Wildman–Crippen LogP) is 5.13. The van der Waals surface area contributed by atoms with Crippen LogP contribution in [0.5, 0.6) is 0 Å². The van der Waals surface area contributed by atoms with E-state index in [2.05, 4.69) is 115 Å². The maximum atomic E-state index is 2.35. The van der Waals surface area contributed by atoms with E-state index in [4.69, 9.17) is 0 Å². The Balaban J connectivity index is 2.01. The lowest BCUT2D eigenvalue weighted by Crippen LogP contribution is -2.37. The normalized spacial score (nSPS) is 15.8. The van der Waals surface area contributed by atoms with Gasteiger partial charge in [-0.3, -0.25) is 0 Å². The molecule has 0 aliphatic carbocycles. The minimum Gasteiger partial charge on any atom is -0.106 e. The smallest absolute Gasteiger partial charge is 0.106 e. The molecule has 126 valence electrons. The van der Waals surface area contributed by atoms with Gasteiger partial charge in [0.05, 0.1) is 0 Å². The molecular weight excluding hydrogens is 359 g/mol. The molecule has 1 aliphatic heterocycles. The summed E-state index contributed by atoms with van der Waals surface area (Å²) in [7, 11) is -1.70. The second-order valence-electron chi connectivity index (χ2n) is 6.13. The Morgan fingerprint density at radius 2 is 0.920 bits per heavy atom. The van der Waals surface area contributed by atoms with Crippen molar-refractivity contribution in [2.45, 2.75) is 10.7 Å². The van der Waals surface area contributed by atoms with Crippen molar-refractivity contribution in [2.75, 3.05) is 11.5 Å². The van der Waals surface area contributed by atoms with Crippen LogP contribution in [0.15, 0.2) is 91.0 Å². The van der Waals surface area contributed by atoms with E-state index in [0.717, 1.165) is 0 Å². The SMILES string of the molecule is c1ccc([P+](c2ccccc2)(c2ccccc2)C2SCCCS2)cc1. The van der Waals surface area contributed by atoms with Gasteiger partial charge in [-0.15, -0.1) is 23.5 Å². The van der Waals surface area contributed by atoms with Crippen LogP contribution in [0.4, 0.5) is 0 Å². The highest BCUT2D eigenvalue weighted by Gasteiger charge is 2.53. The van der Waals surface area contributed by atoms with Crippen LogP contribution in [0.1, 0.15) is 6.42 Å². The van der Waals surface area contributed by atoms with E-state index in [1.165, 1.54) is 33.8 Å². The van der Waals surface area contributed by atoms with Crippen LogP contribution in [0.2, 0.25) is 0 Å². The van der Waals surface area contributed by atoms with E-state index in [9.17, 15) is 0 Å². The zero-order valence-electron chi connectivity index (χ0n) is 14.1. The predicted molar refractivity (Wildman–Crippen MR) is 118 cm³/mol. The lowest BCUT2D eigenvalue weighted by molar-refractivity contribution is 1.11. The van der Waals surface area contributed by atoms with Gasteiger partial charge in [-0.2, -0.15) is 0 Å². The van der Waals surface area contributed by atoms with Gasteiger partial charge >= 0.3 is 0 Å². The lowest BCUT2D eigenvalue weighted by Gasteiger charge is -2.35. The molecule has 0 spiro atoms. The van der Waals surface area contributed by atoms with Crippen molar-refractivity contribution in [3.63, 3.8) is 0 Å². The van der Waals surface area contributed by atoms with Crippen LogP contribution < -0.4 is 15.9 Å². The van der Waals surface area contributed by atoms with Crippen molar-refractivity contribution < 1.29 is 0 Å². The molecule has 0 bridgehead atoms. The average molecular weight is 382 g/mol. The highest BCUT2D eigenvalue weighted by molar-refractivity contribution is 8.30. The molecule has 0 N–H and O–H groups in total. The third kappa shape index (κ3) is 3.28. The fraction of sp³-hybridized carbons (Fsp3) is 0.182. The Kier molecular flexibility index (Phi) is 5.51. The molecule has 25 heavy (non-hydrogen) atoms. The molecule has 3 heteroatoms. The first kappa shape index (κ1) is 17.2. The minimum absolute atomic E-state index is 0.591. The summed E-state index contributed by atoms with van der Waals surface area (Å²) in [5.74, 6) is 2.54. The summed E-state index contributed by atoms with van der Waals surface area (Å²) >= 11 is 4.33. The largest absolute Gasteiger partial charge is 0.174 e. The van der Waals surface area contributed by atoms with Crippen molar-refractivity contribution in [3.05, 3.63) is 91.0 Å². The van der Waals surface area contributed by atoms with Gasteiger partial charge in [0.2, 0.25) is 0 Å². The van der Waals surface area contributed by atoms with Gasteiger partial charge in [0.15, 0.2) is 4.32 Å². The van der Waals surface area contributed by atoms with Crippen molar-refractivity contribution in [2.24, 2.45) is 0 Å². The molecule has 1 saturated heterocycles. The fourth-order valence-electron chi connectivity index (χ4n) is 3.50. The van der Waals surface area contributed by atoms with Crippen LogP contribution in [-0.2, 0) is 0 Å². The van der Waals surface area contributed by atoms with Crippen molar-refractivity contribution in [3.8, 4) is 0 Å². The van der Waals surface area contributed by atoms with Gasteiger partial charge in [0.1, 0.15) is 23.2 Å². The highest BCUT2D eigenvalue weighted by Crippen LogP contribution is 2.67. The lowest BCUT2D eigenvalue weighted by atomic mass is 10.4. The molecule has 0 aromatic heterocycles. The molecular formula is C22H22PS2+. The van der Waals surface area contributed by atoms with Crippen LogP contribution in [-0.4, -0.2) is 15.8 Å². The second-order valence-corrected chi connectivity index (χ2v) is 13.1. The van der Waals surface area contributed by atoms with E-state index in [-0.39, 0.29) is 0 Å². The molecule has 4 rings (SSSR count). The number of hydrogen-bond acceptors (Lipinski definition) is 2. The van der Waals surface area contributed by atoms with E-state index < -0.39 is 7.26 Å². The van der Waals surface area contributed by atoms with Gasteiger partial charge in [-0.25, -0.2) is 0 Å². The molecule has 0 amide bonds. The molecule has 0 unspecified atom stereocenters. The average Bonchev–Trinajstić information content (AvgIpc) is 2.72. The van der Waals surface area contributed by atoms with E-state index in [1.54, 1.807) is 0 Å². The summed E-state index contributed by atoms with van der Waals surface area (Å²) in [6, 6.07) is 33.7. The first-order chi connectivity index (χ1) is 12.4. The third-order valence-corrected chi connectivity index (χ3v) is 13.8.